The number of ether oxygens (including phenoxy) is 1. The number of likely N-dealkylation sites (N-methyl/N-ethyl adjacent to an activating group) is 1. The molecule has 7 nitrogen and oxygen atoms in total. The van der Waals surface area contributed by atoms with Crippen LogP contribution in [0.3, 0.4) is 0 Å². The maximum atomic E-state index is 11.7. The van der Waals surface area contributed by atoms with Crippen molar-refractivity contribution < 1.29 is 19.1 Å². The van der Waals surface area contributed by atoms with Crippen LogP contribution in [0.15, 0.2) is 12.1 Å². The Morgan fingerprint density at radius 2 is 2.00 bits per heavy atom. The monoisotopic (exact) mass is 347 g/mol. The number of carbonyl (C=O) groups excluding carboxylic acids is 3. The van der Waals surface area contributed by atoms with Gasteiger partial charge in [-0.2, -0.15) is 0 Å². The lowest BCUT2D eigenvalue weighted by Gasteiger charge is -2.10. The number of rotatable bonds is 7. The summed E-state index contributed by atoms with van der Waals surface area (Å²) in [7, 11) is 3.19. The van der Waals surface area contributed by atoms with E-state index < -0.39 is 18.5 Å². The van der Waals surface area contributed by atoms with E-state index in [4.69, 9.17) is 4.74 Å². The number of amides is 2. The normalized spacial score (nSPS) is 13.8. The van der Waals surface area contributed by atoms with Crippen molar-refractivity contribution in [2.75, 3.05) is 27.2 Å². The standard InChI is InChI=1S/C18H25N3O4/c1-12-9-14(13(2)21(12)15-6-7-15)5-8-18(24)25-11-16(22)19-10-17(23)20(3)4/h5,8-9,15H,6-7,10-11H2,1-4H3,(H,19,22)/b8-5+. The Kier molecular flexibility index (Phi) is 6.01. The minimum Gasteiger partial charge on any atom is -0.452 e. The Labute approximate surface area is 147 Å². The summed E-state index contributed by atoms with van der Waals surface area (Å²) >= 11 is 0. The number of carbonyl (C=O) groups is 3. The van der Waals surface area contributed by atoms with Gasteiger partial charge in [-0.1, -0.05) is 0 Å². The number of esters is 1. The first-order valence-corrected chi connectivity index (χ1v) is 8.29. The Balaban J connectivity index is 1.80. The average Bonchev–Trinajstić information content (AvgIpc) is 3.34. The summed E-state index contributed by atoms with van der Waals surface area (Å²) in [5.74, 6) is -1.33. The van der Waals surface area contributed by atoms with Crippen LogP contribution in [0.4, 0.5) is 0 Å². The molecule has 2 amide bonds. The van der Waals surface area contributed by atoms with Crippen molar-refractivity contribution in [1.29, 1.82) is 0 Å². The van der Waals surface area contributed by atoms with Crippen LogP contribution >= 0.6 is 0 Å². The van der Waals surface area contributed by atoms with Gasteiger partial charge in [0.2, 0.25) is 5.91 Å². The summed E-state index contributed by atoms with van der Waals surface area (Å²) < 4.78 is 7.18. The zero-order valence-corrected chi connectivity index (χ0v) is 15.2. The lowest BCUT2D eigenvalue weighted by Crippen LogP contribution is -2.38. The molecule has 1 aromatic heterocycles. The van der Waals surface area contributed by atoms with Crippen molar-refractivity contribution in [3.8, 4) is 0 Å². The molecule has 0 radical (unpaired) electrons. The molecule has 1 saturated carbocycles. The Morgan fingerprint density at radius 1 is 1.32 bits per heavy atom. The van der Waals surface area contributed by atoms with Gasteiger partial charge in [0.1, 0.15) is 0 Å². The highest BCUT2D eigenvalue weighted by atomic mass is 16.5. The van der Waals surface area contributed by atoms with Crippen molar-refractivity contribution in [3.05, 3.63) is 29.1 Å². The molecular weight excluding hydrogens is 322 g/mol. The Morgan fingerprint density at radius 3 is 2.60 bits per heavy atom. The van der Waals surface area contributed by atoms with Gasteiger partial charge >= 0.3 is 5.97 Å². The molecule has 2 rings (SSSR count). The summed E-state index contributed by atoms with van der Waals surface area (Å²) in [5, 5.41) is 2.40. The second kappa shape index (κ2) is 8.00. The van der Waals surface area contributed by atoms with Crippen molar-refractivity contribution in [2.45, 2.75) is 32.7 Å². The van der Waals surface area contributed by atoms with E-state index >= 15 is 0 Å². The van der Waals surface area contributed by atoms with E-state index in [1.807, 2.05) is 13.0 Å². The summed E-state index contributed by atoms with van der Waals surface area (Å²) in [5.41, 5.74) is 3.28. The molecule has 0 aliphatic heterocycles. The molecule has 1 fully saturated rings. The zero-order chi connectivity index (χ0) is 18.6. The molecule has 1 aliphatic carbocycles. The van der Waals surface area contributed by atoms with Crippen LogP contribution in [0.5, 0.6) is 0 Å². The number of nitrogens with zero attached hydrogens (tertiary/aromatic N) is 2. The first kappa shape index (κ1) is 18.8. The lowest BCUT2D eigenvalue weighted by molar-refractivity contribution is -0.144. The van der Waals surface area contributed by atoms with Gasteiger partial charge < -0.3 is 19.5 Å². The van der Waals surface area contributed by atoms with Gasteiger partial charge in [-0.05, 0) is 44.4 Å². The fourth-order valence-corrected chi connectivity index (χ4v) is 2.59. The van der Waals surface area contributed by atoms with E-state index in [2.05, 4.69) is 16.8 Å². The maximum absolute atomic E-state index is 11.7. The molecule has 136 valence electrons. The van der Waals surface area contributed by atoms with Crippen LogP contribution in [-0.4, -0.2) is 54.5 Å². The molecule has 0 aromatic carbocycles. The molecule has 25 heavy (non-hydrogen) atoms. The van der Waals surface area contributed by atoms with Gasteiger partial charge in [-0.3, -0.25) is 9.59 Å². The molecule has 0 spiro atoms. The van der Waals surface area contributed by atoms with E-state index in [1.54, 1.807) is 20.2 Å². The van der Waals surface area contributed by atoms with Gasteiger partial charge in [-0.25, -0.2) is 4.79 Å². The summed E-state index contributed by atoms with van der Waals surface area (Å²) in [4.78, 5) is 36.0. The van der Waals surface area contributed by atoms with Crippen LogP contribution < -0.4 is 5.32 Å². The topological polar surface area (TPSA) is 80.6 Å². The molecule has 0 bridgehead atoms. The third-order valence-electron chi connectivity index (χ3n) is 4.12. The van der Waals surface area contributed by atoms with E-state index in [0.29, 0.717) is 6.04 Å². The van der Waals surface area contributed by atoms with Crippen LogP contribution in [0, 0.1) is 13.8 Å². The largest absolute Gasteiger partial charge is 0.452 e. The summed E-state index contributed by atoms with van der Waals surface area (Å²) in [6, 6.07) is 2.62. The van der Waals surface area contributed by atoms with E-state index in [1.165, 1.54) is 29.5 Å². The number of aromatic nitrogens is 1. The molecule has 7 heteroatoms. The quantitative estimate of drug-likeness (QED) is 0.594. The SMILES string of the molecule is Cc1cc(/C=C/C(=O)OCC(=O)NCC(=O)N(C)C)c(C)n1C1CC1. The van der Waals surface area contributed by atoms with Crippen molar-refractivity contribution >= 4 is 23.9 Å². The van der Waals surface area contributed by atoms with Crippen LogP contribution in [0.2, 0.25) is 0 Å². The lowest BCUT2D eigenvalue weighted by atomic mass is 10.2. The molecular formula is C18H25N3O4. The van der Waals surface area contributed by atoms with E-state index in [9.17, 15) is 14.4 Å². The first-order chi connectivity index (χ1) is 11.8. The number of nitrogens with one attached hydrogen (secondary N) is 1. The highest BCUT2D eigenvalue weighted by molar-refractivity contribution is 5.90. The molecule has 0 atom stereocenters. The second-order valence-corrected chi connectivity index (χ2v) is 6.43. The van der Waals surface area contributed by atoms with Crippen LogP contribution in [0.25, 0.3) is 6.08 Å². The van der Waals surface area contributed by atoms with Gasteiger partial charge in [0.05, 0.1) is 6.54 Å². The Bertz CT molecular complexity index is 699. The van der Waals surface area contributed by atoms with E-state index in [0.717, 1.165) is 11.3 Å². The number of hydrogen-bond donors (Lipinski definition) is 1. The molecule has 0 unspecified atom stereocenters. The third kappa shape index (κ3) is 5.20. The smallest absolute Gasteiger partial charge is 0.331 e. The average molecular weight is 347 g/mol. The fourth-order valence-electron chi connectivity index (χ4n) is 2.59. The van der Waals surface area contributed by atoms with Gasteiger partial charge in [0.25, 0.3) is 5.91 Å². The predicted molar refractivity (Wildman–Crippen MR) is 93.9 cm³/mol. The molecule has 1 heterocycles. The molecule has 1 N–H and O–H groups in total. The fraction of sp³-hybridized carbons (Fsp3) is 0.500. The highest BCUT2D eigenvalue weighted by Gasteiger charge is 2.26. The summed E-state index contributed by atoms with van der Waals surface area (Å²) in [6.07, 6.45) is 5.42. The Hall–Kier alpha value is -2.57. The number of hydrogen-bond acceptors (Lipinski definition) is 4. The van der Waals surface area contributed by atoms with Crippen LogP contribution in [0.1, 0.15) is 35.8 Å². The highest BCUT2D eigenvalue weighted by Crippen LogP contribution is 2.38. The molecule has 1 aromatic rings. The first-order valence-electron chi connectivity index (χ1n) is 8.29. The predicted octanol–water partition coefficient (Wildman–Crippen LogP) is 1.20. The molecule has 1 aliphatic rings. The van der Waals surface area contributed by atoms with Gasteiger partial charge in [0, 0.05) is 37.6 Å². The van der Waals surface area contributed by atoms with Crippen molar-refractivity contribution in [1.82, 2.24) is 14.8 Å². The van der Waals surface area contributed by atoms with Gasteiger partial charge in [0.15, 0.2) is 6.61 Å². The number of aryl methyl sites for hydroxylation is 1. The summed E-state index contributed by atoms with van der Waals surface area (Å²) in [6.45, 7) is 3.56. The second-order valence-electron chi connectivity index (χ2n) is 6.43. The van der Waals surface area contributed by atoms with Gasteiger partial charge in [-0.15, -0.1) is 0 Å². The maximum Gasteiger partial charge on any atom is 0.331 e. The minimum atomic E-state index is -0.592. The minimum absolute atomic E-state index is 0.119. The third-order valence-corrected chi connectivity index (χ3v) is 4.12. The van der Waals surface area contributed by atoms with E-state index in [-0.39, 0.29) is 12.5 Å². The van der Waals surface area contributed by atoms with Crippen molar-refractivity contribution in [3.63, 3.8) is 0 Å². The zero-order valence-electron chi connectivity index (χ0n) is 15.2. The van der Waals surface area contributed by atoms with Crippen LogP contribution in [-0.2, 0) is 19.1 Å². The van der Waals surface area contributed by atoms with Crippen molar-refractivity contribution in [2.24, 2.45) is 0 Å². The molecule has 0 saturated heterocycles.